The second-order valence-electron chi connectivity index (χ2n) is 7.48. The lowest BCUT2D eigenvalue weighted by Crippen LogP contribution is -2.13. The molecule has 0 saturated heterocycles. The first-order chi connectivity index (χ1) is 15.7. The van der Waals surface area contributed by atoms with Crippen molar-refractivity contribution in [3.05, 3.63) is 51.8 Å². The van der Waals surface area contributed by atoms with Crippen LogP contribution in [0.1, 0.15) is 33.8 Å². The minimum atomic E-state index is -0.548. The molecule has 0 unspecified atom stereocenters. The number of benzene rings is 1. The number of imidazole rings is 1. The Bertz CT molecular complexity index is 1280. The molecule has 10 heteroatoms. The fourth-order valence-corrected chi connectivity index (χ4v) is 4.56. The first-order valence-corrected chi connectivity index (χ1v) is 11.3. The summed E-state index contributed by atoms with van der Waals surface area (Å²) >= 11 is 1.69. The lowest BCUT2D eigenvalue weighted by molar-refractivity contribution is 0.100. The lowest BCUT2D eigenvalue weighted by atomic mass is 10.2. The van der Waals surface area contributed by atoms with E-state index in [0.29, 0.717) is 35.1 Å². The highest BCUT2D eigenvalue weighted by atomic mass is 32.1. The van der Waals surface area contributed by atoms with Crippen molar-refractivity contribution in [2.24, 2.45) is 5.73 Å². The zero-order chi connectivity index (χ0) is 22.1. The van der Waals surface area contributed by atoms with Crippen LogP contribution >= 0.6 is 11.3 Å². The van der Waals surface area contributed by atoms with Gasteiger partial charge in [0.15, 0.2) is 5.82 Å². The molecule has 9 nitrogen and oxygen atoms in total. The molecule has 0 fully saturated rings. The predicted octanol–water partition coefficient (Wildman–Crippen LogP) is 3.34. The van der Waals surface area contributed by atoms with Crippen molar-refractivity contribution >= 4 is 39.8 Å². The maximum Gasteiger partial charge on any atom is 0.304 e. The van der Waals surface area contributed by atoms with E-state index in [4.69, 9.17) is 20.4 Å². The van der Waals surface area contributed by atoms with E-state index in [9.17, 15) is 4.79 Å². The maximum absolute atomic E-state index is 11.9. The molecule has 32 heavy (non-hydrogen) atoms. The third-order valence-corrected chi connectivity index (χ3v) is 6.30. The molecule has 1 aromatic carbocycles. The van der Waals surface area contributed by atoms with E-state index >= 15 is 0 Å². The highest BCUT2D eigenvalue weighted by molar-refractivity contribution is 7.09. The summed E-state index contributed by atoms with van der Waals surface area (Å²) in [7, 11) is 1.53. The van der Waals surface area contributed by atoms with Crippen molar-refractivity contribution in [3.8, 4) is 12.0 Å². The van der Waals surface area contributed by atoms with Gasteiger partial charge in [-0.15, -0.1) is 11.3 Å². The summed E-state index contributed by atoms with van der Waals surface area (Å²) in [5.74, 6) is 0.616. The molecule has 1 amide bonds. The van der Waals surface area contributed by atoms with E-state index in [0.717, 1.165) is 43.0 Å². The summed E-state index contributed by atoms with van der Waals surface area (Å²) in [6.07, 6.45) is 2.94. The third-order valence-electron chi connectivity index (χ3n) is 5.43. The highest BCUT2D eigenvalue weighted by Crippen LogP contribution is 2.32. The normalized spacial score (nSPS) is 13.3. The van der Waals surface area contributed by atoms with Crippen molar-refractivity contribution in [1.29, 1.82) is 0 Å². The molecule has 0 atom stereocenters. The van der Waals surface area contributed by atoms with E-state index in [1.54, 1.807) is 28.0 Å². The molecule has 0 radical (unpaired) electrons. The molecule has 0 spiro atoms. The van der Waals surface area contributed by atoms with Crippen LogP contribution in [0, 0.1) is 0 Å². The van der Waals surface area contributed by atoms with E-state index in [2.05, 4.69) is 27.1 Å². The Labute approximate surface area is 188 Å². The van der Waals surface area contributed by atoms with Gasteiger partial charge in [0.1, 0.15) is 5.52 Å². The van der Waals surface area contributed by atoms with Crippen molar-refractivity contribution in [1.82, 2.24) is 19.5 Å². The molecule has 3 aromatic heterocycles. The second-order valence-corrected chi connectivity index (χ2v) is 8.51. The standard InChI is InChI=1S/C22H23N7O2S/c1-31-22-27-17-14(19(23)30)7-4-9-16(17)29(22)21-26-15-8-2-3-10-24-18(15)20(28-21)25-12-13-6-5-11-32-13/h4-7,9,11,24H,2-3,8,10,12H2,1H3,(H2,23,30)(H,25,26,28). The summed E-state index contributed by atoms with van der Waals surface area (Å²) in [5.41, 5.74) is 8.88. The first kappa shape index (κ1) is 20.3. The molecular formula is C22H23N7O2S. The van der Waals surface area contributed by atoms with Crippen molar-refractivity contribution in [2.75, 3.05) is 24.3 Å². The molecule has 1 aliphatic heterocycles. The minimum Gasteiger partial charge on any atom is -0.468 e. The van der Waals surface area contributed by atoms with Crippen LogP contribution in [0.25, 0.3) is 17.0 Å². The van der Waals surface area contributed by atoms with Gasteiger partial charge in [-0.25, -0.2) is 9.55 Å². The van der Waals surface area contributed by atoms with Crippen LogP contribution in [0.5, 0.6) is 6.01 Å². The SMILES string of the molecule is COc1nc2c(C(N)=O)cccc2n1-c1nc2c(c(NCc3cccs3)n1)NCCCC2. The second kappa shape index (κ2) is 8.46. The predicted molar refractivity (Wildman–Crippen MR) is 125 cm³/mol. The Balaban J connectivity index is 1.67. The minimum absolute atomic E-state index is 0.291. The number of hydrogen-bond acceptors (Lipinski definition) is 8. The number of rotatable bonds is 6. The number of ether oxygens (including phenoxy) is 1. The van der Waals surface area contributed by atoms with E-state index < -0.39 is 5.91 Å². The van der Waals surface area contributed by atoms with Gasteiger partial charge >= 0.3 is 6.01 Å². The number of anilines is 2. The van der Waals surface area contributed by atoms with E-state index in [-0.39, 0.29) is 0 Å². The quantitative estimate of drug-likeness (QED) is 0.413. The summed E-state index contributed by atoms with van der Waals surface area (Å²) in [6, 6.07) is 9.68. The first-order valence-electron chi connectivity index (χ1n) is 10.4. The molecule has 164 valence electrons. The van der Waals surface area contributed by atoms with Gasteiger partial charge in [0.2, 0.25) is 5.95 Å². The van der Waals surface area contributed by atoms with E-state index in [1.165, 1.54) is 12.0 Å². The Kier molecular flexibility index (Phi) is 5.36. The van der Waals surface area contributed by atoms with Crippen LogP contribution in [-0.4, -0.2) is 39.1 Å². The largest absolute Gasteiger partial charge is 0.468 e. The Morgan fingerprint density at radius 3 is 2.94 bits per heavy atom. The average Bonchev–Trinajstić information content (AvgIpc) is 3.38. The van der Waals surface area contributed by atoms with Gasteiger partial charge in [-0.2, -0.15) is 9.97 Å². The van der Waals surface area contributed by atoms with Gasteiger partial charge in [-0.3, -0.25) is 4.79 Å². The Hall–Kier alpha value is -3.66. The summed E-state index contributed by atoms with van der Waals surface area (Å²) in [4.78, 5) is 27.4. The molecule has 4 N–H and O–H groups in total. The number of aryl methyl sites for hydroxylation is 1. The molecule has 0 saturated carbocycles. The Morgan fingerprint density at radius 1 is 1.25 bits per heavy atom. The number of amides is 1. The average molecular weight is 450 g/mol. The van der Waals surface area contributed by atoms with Crippen molar-refractivity contribution in [2.45, 2.75) is 25.8 Å². The zero-order valence-electron chi connectivity index (χ0n) is 17.6. The number of hydrogen-bond donors (Lipinski definition) is 3. The highest BCUT2D eigenvalue weighted by Gasteiger charge is 2.23. The summed E-state index contributed by atoms with van der Waals surface area (Å²) in [5, 5.41) is 9.01. The fraction of sp³-hybridized carbons (Fsp3) is 0.273. The lowest BCUT2D eigenvalue weighted by Gasteiger charge is -2.16. The smallest absolute Gasteiger partial charge is 0.304 e. The number of methoxy groups -OCH3 is 1. The molecule has 5 rings (SSSR count). The zero-order valence-corrected chi connectivity index (χ0v) is 18.4. The van der Waals surface area contributed by atoms with Gasteiger partial charge in [-0.1, -0.05) is 12.1 Å². The topological polar surface area (TPSA) is 120 Å². The van der Waals surface area contributed by atoms with Gasteiger partial charge in [0, 0.05) is 11.4 Å². The fourth-order valence-electron chi connectivity index (χ4n) is 3.91. The van der Waals surface area contributed by atoms with Crippen LogP contribution in [0.15, 0.2) is 35.7 Å². The van der Waals surface area contributed by atoms with Crippen LogP contribution in [0.4, 0.5) is 11.5 Å². The number of carbonyl (C=O) groups is 1. The van der Waals surface area contributed by atoms with Crippen molar-refractivity contribution < 1.29 is 9.53 Å². The molecule has 4 heterocycles. The number of fused-ring (bicyclic) bond motifs is 2. The number of nitrogens with two attached hydrogens (primary N) is 1. The number of primary amides is 1. The molecule has 0 bridgehead atoms. The van der Waals surface area contributed by atoms with Gasteiger partial charge in [-0.05, 0) is 42.8 Å². The number of thiophene rings is 1. The number of aromatic nitrogens is 4. The van der Waals surface area contributed by atoms with E-state index in [1.807, 2.05) is 12.1 Å². The molecule has 4 aromatic rings. The van der Waals surface area contributed by atoms with Gasteiger partial charge < -0.3 is 21.1 Å². The number of carbonyl (C=O) groups excluding carboxylic acids is 1. The number of nitrogens with one attached hydrogen (secondary N) is 2. The number of para-hydroxylation sites is 1. The molecule has 1 aliphatic rings. The van der Waals surface area contributed by atoms with Crippen LogP contribution in [0.2, 0.25) is 0 Å². The van der Waals surface area contributed by atoms with Gasteiger partial charge in [0.25, 0.3) is 5.91 Å². The summed E-state index contributed by atoms with van der Waals surface area (Å²) < 4.78 is 7.26. The number of nitrogens with zero attached hydrogens (tertiary/aromatic N) is 4. The van der Waals surface area contributed by atoms with Crippen LogP contribution < -0.4 is 21.1 Å². The van der Waals surface area contributed by atoms with Crippen molar-refractivity contribution in [3.63, 3.8) is 0 Å². The molecule has 0 aliphatic carbocycles. The third kappa shape index (κ3) is 3.62. The summed E-state index contributed by atoms with van der Waals surface area (Å²) in [6.45, 7) is 1.54. The van der Waals surface area contributed by atoms with Gasteiger partial charge in [0.05, 0.1) is 36.1 Å². The van der Waals surface area contributed by atoms with Crippen LogP contribution in [-0.2, 0) is 13.0 Å². The molecular weight excluding hydrogens is 426 g/mol. The Morgan fingerprint density at radius 2 is 2.16 bits per heavy atom. The maximum atomic E-state index is 11.9. The monoisotopic (exact) mass is 449 g/mol. The van der Waals surface area contributed by atoms with Crippen LogP contribution in [0.3, 0.4) is 0 Å².